The third-order valence-electron chi connectivity index (χ3n) is 3.84. The Balaban J connectivity index is 1.46. The van der Waals surface area contributed by atoms with Crippen LogP contribution in [0.25, 0.3) is 10.8 Å². The third kappa shape index (κ3) is 5.49. The van der Waals surface area contributed by atoms with E-state index in [1.807, 2.05) is 72.8 Å². The Morgan fingerprint density at radius 3 is 2.41 bits per heavy atom. The molecule has 0 aliphatic heterocycles. The highest BCUT2D eigenvalue weighted by molar-refractivity contribution is 8.00. The maximum atomic E-state index is 12.1. The fourth-order valence-corrected chi connectivity index (χ4v) is 3.15. The van der Waals surface area contributed by atoms with Gasteiger partial charge in [-0.3, -0.25) is 20.4 Å². The number of carbonyl (C=O) groups excluding carboxylic acids is 2. The molecule has 138 valence electrons. The van der Waals surface area contributed by atoms with Gasteiger partial charge in [0.05, 0.1) is 5.75 Å². The molecule has 0 heterocycles. The number of carbonyl (C=O) groups is 2. The van der Waals surface area contributed by atoms with E-state index in [0.29, 0.717) is 5.75 Å². The minimum absolute atomic E-state index is 0.213. The van der Waals surface area contributed by atoms with Gasteiger partial charge in [0.25, 0.3) is 5.91 Å². The molecule has 3 aromatic carbocycles. The fourth-order valence-electron chi connectivity index (χ4n) is 2.43. The van der Waals surface area contributed by atoms with E-state index in [0.717, 1.165) is 15.7 Å². The number of hydrogen-bond acceptors (Lipinski definition) is 4. The summed E-state index contributed by atoms with van der Waals surface area (Å²) in [6.45, 7) is 1.63. The van der Waals surface area contributed by atoms with Crippen LogP contribution in [0.3, 0.4) is 0 Å². The molecule has 2 amide bonds. The summed E-state index contributed by atoms with van der Waals surface area (Å²) in [4.78, 5) is 25.0. The monoisotopic (exact) mass is 380 g/mol. The molecule has 0 bridgehead atoms. The van der Waals surface area contributed by atoms with E-state index in [1.165, 1.54) is 11.8 Å². The van der Waals surface area contributed by atoms with Crippen molar-refractivity contribution in [3.05, 3.63) is 72.8 Å². The van der Waals surface area contributed by atoms with Gasteiger partial charge in [-0.2, -0.15) is 0 Å². The van der Waals surface area contributed by atoms with Gasteiger partial charge in [-0.05, 0) is 42.0 Å². The van der Waals surface area contributed by atoms with Gasteiger partial charge in [-0.25, -0.2) is 0 Å². The van der Waals surface area contributed by atoms with E-state index in [9.17, 15) is 9.59 Å². The standard InChI is InChI=1S/C21H20N2O3S/c1-15(26-18-12-11-16-7-5-6-8-17(16)13-18)21(25)23-22-20(24)14-27-19-9-3-2-4-10-19/h2-13,15H,14H2,1H3,(H,22,24)(H,23,25)/t15-/m0/s1. The van der Waals surface area contributed by atoms with Crippen molar-refractivity contribution in [2.45, 2.75) is 17.9 Å². The number of rotatable bonds is 6. The Morgan fingerprint density at radius 2 is 1.63 bits per heavy atom. The zero-order valence-corrected chi connectivity index (χ0v) is 15.7. The second kappa shape index (κ2) is 9.09. The summed E-state index contributed by atoms with van der Waals surface area (Å²) in [7, 11) is 0. The van der Waals surface area contributed by atoms with Crippen LogP contribution >= 0.6 is 11.8 Å². The van der Waals surface area contributed by atoms with Crippen molar-refractivity contribution in [1.82, 2.24) is 10.9 Å². The lowest BCUT2D eigenvalue weighted by Crippen LogP contribution is -2.47. The number of benzene rings is 3. The predicted molar refractivity (Wildman–Crippen MR) is 107 cm³/mol. The molecule has 3 aromatic rings. The number of nitrogens with one attached hydrogen (secondary N) is 2. The number of ether oxygens (including phenoxy) is 1. The molecule has 0 fully saturated rings. The largest absolute Gasteiger partial charge is 0.481 e. The zero-order chi connectivity index (χ0) is 19.1. The van der Waals surface area contributed by atoms with E-state index in [-0.39, 0.29) is 11.7 Å². The topological polar surface area (TPSA) is 67.4 Å². The van der Waals surface area contributed by atoms with Crippen LogP contribution in [-0.4, -0.2) is 23.7 Å². The van der Waals surface area contributed by atoms with E-state index in [4.69, 9.17) is 4.74 Å². The van der Waals surface area contributed by atoms with Gasteiger partial charge in [0.1, 0.15) is 5.75 Å². The lowest BCUT2D eigenvalue weighted by Gasteiger charge is -2.15. The molecule has 5 nitrogen and oxygen atoms in total. The normalized spacial score (nSPS) is 11.6. The van der Waals surface area contributed by atoms with E-state index in [2.05, 4.69) is 10.9 Å². The molecule has 0 saturated heterocycles. The maximum absolute atomic E-state index is 12.1. The number of thioether (sulfide) groups is 1. The molecule has 3 rings (SSSR count). The SMILES string of the molecule is C[C@H](Oc1ccc2ccccc2c1)C(=O)NNC(=O)CSc1ccccc1. The molecule has 0 aliphatic carbocycles. The summed E-state index contributed by atoms with van der Waals surface area (Å²) in [5.41, 5.74) is 4.81. The summed E-state index contributed by atoms with van der Waals surface area (Å²) >= 11 is 1.40. The maximum Gasteiger partial charge on any atom is 0.279 e. The first kappa shape index (κ1) is 18.8. The highest BCUT2D eigenvalue weighted by Gasteiger charge is 2.15. The highest BCUT2D eigenvalue weighted by Crippen LogP contribution is 2.21. The van der Waals surface area contributed by atoms with Crippen molar-refractivity contribution in [3.8, 4) is 5.75 Å². The lowest BCUT2D eigenvalue weighted by molar-refractivity contribution is -0.131. The molecule has 1 atom stereocenters. The Hall–Kier alpha value is -2.99. The number of hydrogen-bond donors (Lipinski definition) is 2. The molecule has 2 N–H and O–H groups in total. The number of hydrazine groups is 1. The molecule has 0 aromatic heterocycles. The molecular weight excluding hydrogens is 360 g/mol. The highest BCUT2D eigenvalue weighted by atomic mass is 32.2. The van der Waals surface area contributed by atoms with Gasteiger partial charge in [-0.1, -0.05) is 48.5 Å². The average molecular weight is 380 g/mol. The second-order valence-corrected chi connectivity index (χ2v) is 6.96. The molecule has 0 radical (unpaired) electrons. The first-order valence-electron chi connectivity index (χ1n) is 8.54. The van der Waals surface area contributed by atoms with Crippen molar-refractivity contribution in [2.24, 2.45) is 0 Å². The summed E-state index contributed by atoms with van der Waals surface area (Å²) in [6, 6.07) is 23.2. The van der Waals surface area contributed by atoms with Gasteiger partial charge in [-0.15, -0.1) is 11.8 Å². The molecule has 0 spiro atoms. The molecule has 0 aliphatic rings. The molecular formula is C21H20N2O3S. The Morgan fingerprint density at radius 1 is 0.926 bits per heavy atom. The van der Waals surface area contributed by atoms with E-state index >= 15 is 0 Å². The first-order chi connectivity index (χ1) is 13.1. The number of amides is 2. The lowest BCUT2D eigenvalue weighted by atomic mass is 10.1. The summed E-state index contributed by atoms with van der Waals surface area (Å²) < 4.78 is 5.68. The fraction of sp³-hybridized carbons (Fsp3) is 0.143. The van der Waals surface area contributed by atoms with Crippen molar-refractivity contribution >= 4 is 34.3 Å². The number of fused-ring (bicyclic) bond motifs is 1. The van der Waals surface area contributed by atoms with Gasteiger partial charge in [0, 0.05) is 4.90 Å². The zero-order valence-electron chi connectivity index (χ0n) is 14.8. The van der Waals surface area contributed by atoms with E-state index in [1.54, 1.807) is 6.92 Å². The Kier molecular flexibility index (Phi) is 6.33. The minimum atomic E-state index is -0.742. The van der Waals surface area contributed by atoms with Gasteiger partial charge < -0.3 is 4.74 Å². The smallest absolute Gasteiger partial charge is 0.279 e. The molecule has 0 saturated carbocycles. The van der Waals surface area contributed by atoms with E-state index < -0.39 is 12.0 Å². The quantitative estimate of drug-likeness (QED) is 0.507. The van der Waals surface area contributed by atoms with Crippen LogP contribution in [-0.2, 0) is 9.59 Å². The minimum Gasteiger partial charge on any atom is -0.481 e. The van der Waals surface area contributed by atoms with Crippen molar-refractivity contribution in [2.75, 3.05) is 5.75 Å². The first-order valence-corrected chi connectivity index (χ1v) is 9.52. The van der Waals surface area contributed by atoms with Crippen LogP contribution in [0.1, 0.15) is 6.92 Å². The molecule has 27 heavy (non-hydrogen) atoms. The molecule has 0 unspecified atom stereocenters. The third-order valence-corrected chi connectivity index (χ3v) is 4.85. The van der Waals surface area contributed by atoms with Crippen LogP contribution < -0.4 is 15.6 Å². The van der Waals surface area contributed by atoms with Crippen LogP contribution in [0.2, 0.25) is 0 Å². The Labute approximate surface area is 162 Å². The average Bonchev–Trinajstić information content (AvgIpc) is 2.71. The Bertz CT molecular complexity index is 931. The summed E-state index contributed by atoms with van der Waals surface area (Å²) in [6.07, 6.45) is -0.742. The summed E-state index contributed by atoms with van der Waals surface area (Å²) in [5, 5.41) is 2.14. The van der Waals surface area contributed by atoms with Crippen molar-refractivity contribution in [1.29, 1.82) is 0 Å². The van der Waals surface area contributed by atoms with Crippen molar-refractivity contribution < 1.29 is 14.3 Å². The van der Waals surface area contributed by atoms with Crippen LogP contribution in [0.15, 0.2) is 77.7 Å². The molecule has 6 heteroatoms. The summed E-state index contributed by atoms with van der Waals surface area (Å²) in [5.74, 6) is 0.114. The van der Waals surface area contributed by atoms with Crippen molar-refractivity contribution in [3.63, 3.8) is 0 Å². The van der Waals surface area contributed by atoms with Crippen LogP contribution in [0.4, 0.5) is 0 Å². The van der Waals surface area contributed by atoms with Crippen LogP contribution in [0, 0.1) is 0 Å². The predicted octanol–water partition coefficient (Wildman–Crippen LogP) is 3.55. The van der Waals surface area contributed by atoms with Gasteiger partial charge in [0.15, 0.2) is 6.10 Å². The van der Waals surface area contributed by atoms with Gasteiger partial charge in [0.2, 0.25) is 5.91 Å². The van der Waals surface area contributed by atoms with Gasteiger partial charge >= 0.3 is 0 Å². The second-order valence-electron chi connectivity index (χ2n) is 5.91. The van der Waals surface area contributed by atoms with Crippen LogP contribution in [0.5, 0.6) is 5.75 Å².